The third kappa shape index (κ3) is 4.07. The molecule has 3 aromatic carbocycles. The van der Waals surface area contributed by atoms with Crippen molar-refractivity contribution in [3.63, 3.8) is 0 Å². The van der Waals surface area contributed by atoms with Crippen LogP contribution >= 0.6 is 0 Å². The molecule has 0 amide bonds. The molecule has 0 heterocycles. The molecule has 0 aromatic heterocycles. The summed E-state index contributed by atoms with van der Waals surface area (Å²) in [5.41, 5.74) is 2.92. The Morgan fingerprint density at radius 3 is 2.16 bits per heavy atom. The van der Waals surface area contributed by atoms with Gasteiger partial charge in [0.15, 0.2) is 11.5 Å². The highest BCUT2D eigenvalue weighted by molar-refractivity contribution is 5.69. The summed E-state index contributed by atoms with van der Waals surface area (Å²) in [5.74, 6) is 0.960. The van der Waals surface area contributed by atoms with Crippen LogP contribution in [0.5, 0.6) is 11.5 Å². The molecule has 3 aromatic rings. The molecule has 0 aliphatic carbocycles. The van der Waals surface area contributed by atoms with Gasteiger partial charge >= 0.3 is 0 Å². The zero-order valence-electron chi connectivity index (χ0n) is 14.1. The van der Waals surface area contributed by atoms with Crippen LogP contribution in [0.3, 0.4) is 0 Å². The van der Waals surface area contributed by atoms with Gasteiger partial charge in [-0.05, 0) is 28.8 Å². The van der Waals surface area contributed by atoms with Crippen molar-refractivity contribution in [2.45, 2.75) is 12.5 Å². The molecule has 3 rings (SSSR count). The SMILES string of the molecule is COc1cc(C(C=O)c2ccccc2)ccc1OCc1ccccc1. The van der Waals surface area contributed by atoms with Crippen LogP contribution in [-0.4, -0.2) is 13.4 Å². The standard InChI is InChI=1S/C22H20O3/c1-24-22-14-19(20(15-23)18-10-6-3-7-11-18)12-13-21(22)25-16-17-8-4-2-5-9-17/h2-15,20H,16H2,1H3. The minimum Gasteiger partial charge on any atom is -0.493 e. The minimum absolute atomic E-state index is 0.321. The van der Waals surface area contributed by atoms with Gasteiger partial charge in [0.05, 0.1) is 13.0 Å². The van der Waals surface area contributed by atoms with Crippen molar-refractivity contribution in [2.24, 2.45) is 0 Å². The van der Waals surface area contributed by atoms with E-state index in [1.54, 1.807) is 7.11 Å². The summed E-state index contributed by atoms with van der Waals surface area (Å²) in [4.78, 5) is 11.6. The first kappa shape index (κ1) is 16.8. The summed E-state index contributed by atoms with van der Waals surface area (Å²) in [6, 6.07) is 25.3. The zero-order valence-corrected chi connectivity index (χ0v) is 14.1. The summed E-state index contributed by atoms with van der Waals surface area (Å²) in [6.07, 6.45) is 0.953. The minimum atomic E-state index is -0.321. The van der Waals surface area contributed by atoms with Gasteiger partial charge in [-0.3, -0.25) is 0 Å². The van der Waals surface area contributed by atoms with E-state index in [2.05, 4.69) is 0 Å². The Bertz CT molecular complexity index is 813. The van der Waals surface area contributed by atoms with Crippen molar-refractivity contribution in [3.05, 3.63) is 95.6 Å². The van der Waals surface area contributed by atoms with Crippen molar-refractivity contribution in [2.75, 3.05) is 7.11 Å². The lowest BCUT2D eigenvalue weighted by molar-refractivity contribution is -0.108. The first-order chi connectivity index (χ1) is 12.3. The molecule has 0 radical (unpaired) electrons. The van der Waals surface area contributed by atoms with Crippen LogP contribution in [0.4, 0.5) is 0 Å². The highest BCUT2D eigenvalue weighted by Crippen LogP contribution is 2.33. The average Bonchev–Trinajstić information content (AvgIpc) is 2.69. The second-order valence-electron chi connectivity index (χ2n) is 5.71. The van der Waals surface area contributed by atoms with Gasteiger partial charge in [0, 0.05) is 0 Å². The van der Waals surface area contributed by atoms with Gasteiger partial charge in [-0.2, -0.15) is 0 Å². The third-order valence-electron chi connectivity index (χ3n) is 4.08. The molecule has 126 valence electrons. The number of methoxy groups -OCH3 is 1. The van der Waals surface area contributed by atoms with Crippen LogP contribution < -0.4 is 9.47 Å². The number of ether oxygens (including phenoxy) is 2. The van der Waals surface area contributed by atoms with Crippen molar-refractivity contribution in [1.29, 1.82) is 0 Å². The Balaban J connectivity index is 1.82. The van der Waals surface area contributed by atoms with E-state index in [-0.39, 0.29) is 5.92 Å². The van der Waals surface area contributed by atoms with E-state index in [4.69, 9.17) is 9.47 Å². The van der Waals surface area contributed by atoms with E-state index in [9.17, 15) is 4.79 Å². The molecule has 0 spiro atoms. The van der Waals surface area contributed by atoms with Gasteiger partial charge in [-0.25, -0.2) is 0 Å². The molecule has 1 unspecified atom stereocenters. The van der Waals surface area contributed by atoms with Crippen molar-refractivity contribution < 1.29 is 14.3 Å². The fourth-order valence-electron chi connectivity index (χ4n) is 2.74. The first-order valence-electron chi connectivity index (χ1n) is 8.16. The van der Waals surface area contributed by atoms with Crippen LogP contribution in [0.25, 0.3) is 0 Å². The summed E-state index contributed by atoms with van der Waals surface area (Å²) in [5, 5.41) is 0. The molecular formula is C22H20O3. The molecule has 0 bridgehead atoms. The smallest absolute Gasteiger partial charge is 0.161 e. The van der Waals surface area contributed by atoms with Crippen LogP contribution in [0.1, 0.15) is 22.6 Å². The number of aldehydes is 1. The molecule has 3 heteroatoms. The molecule has 0 saturated heterocycles. The molecule has 3 nitrogen and oxygen atoms in total. The molecule has 0 saturated carbocycles. The predicted octanol–water partition coefficient (Wildman–Crippen LogP) is 4.61. The lowest BCUT2D eigenvalue weighted by Gasteiger charge is -2.15. The maximum atomic E-state index is 11.6. The number of hydrogen-bond acceptors (Lipinski definition) is 3. The molecule has 0 aliphatic rings. The highest BCUT2D eigenvalue weighted by atomic mass is 16.5. The van der Waals surface area contributed by atoms with Gasteiger partial charge in [-0.15, -0.1) is 0 Å². The van der Waals surface area contributed by atoms with E-state index >= 15 is 0 Å². The second kappa shape index (κ2) is 8.15. The van der Waals surface area contributed by atoms with E-state index in [1.165, 1.54) is 0 Å². The Kier molecular flexibility index (Phi) is 5.47. The van der Waals surface area contributed by atoms with Gasteiger partial charge in [-0.1, -0.05) is 66.7 Å². The predicted molar refractivity (Wildman–Crippen MR) is 98.1 cm³/mol. The summed E-state index contributed by atoms with van der Waals surface area (Å²) in [6.45, 7) is 0.465. The molecule has 0 fully saturated rings. The number of rotatable bonds is 7. The van der Waals surface area contributed by atoms with E-state index in [0.717, 1.165) is 23.0 Å². The molecule has 0 aliphatic heterocycles. The third-order valence-corrected chi connectivity index (χ3v) is 4.08. The molecule has 1 atom stereocenters. The van der Waals surface area contributed by atoms with Gasteiger partial charge < -0.3 is 14.3 Å². The zero-order chi connectivity index (χ0) is 17.5. The maximum absolute atomic E-state index is 11.6. The molecular weight excluding hydrogens is 312 g/mol. The van der Waals surface area contributed by atoms with E-state index in [0.29, 0.717) is 18.1 Å². The topological polar surface area (TPSA) is 35.5 Å². The Labute approximate surface area is 147 Å². The van der Waals surface area contributed by atoms with Crippen LogP contribution in [-0.2, 0) is 11.4 Å². The van der Waals surface area contributed by atoms with Gasteiger partial charge in [0.2, 0.25) is 0 Å². The summed E-state index contributed by atoms with van der Waals surface area (Å²) >= 11 is 0. The number of benzene rings is 3. The summed E-state index contributed by atoms with van der Waals surface area (Å²) < 4.78 is 11.3. The Morgan fingerprint density at radius 2 is 1.52 bits per heavy atom. The molecule has 0 N–H and O–H groups in total. The number of carbonyl (C=O) groups is 1. The van der Waals surface area contributed by atoms with Crippen molar-refractivity contribution in [3.8, 4) is 11.5 Å². The van der Waals surface area contributed by atoms with Gasteiger partial charge in [0.25, 0.3) is 0 Å². The summed E-state index contributed by atoms with van der Waals surface area (Å²) in [7, 11) is 1.60. The van der Waals surface area contributed by atoms with Crippen LogP contribution in [0.2, 0.25) is 0 Å². The van der Waals surface area contributed by atoms with Crippen molar-refractivity contribution in [1.82, 2.24) is 0 Å². The first-order valence-corrected chi connectivity index (χ1v) is 8.16. The second-order valence-corrected chi connectivity index (χ2v) is 5.71. The fourth-order valence-corrected chi connectivity index (χ4v) is 2.74. The quantitative estimate of drug-likeness (QED) is 0.593. The average molecular weight is 332 g/mol. The normalized spacial score (nSPS) is 11.6. The Morgan fingerprint density at radius 1 is 0.840 bits per heavy atom. The van der Waals surface area contributed by atoms with Crippen LogP contribution in [0, 0.1) is 0 Å². The van der Waals surface area contributed by atoms with Gasteiger partial charge in [0.1, 0.15) is 12.9 Å². The number of hydrogen-bond donors (Lipinski definition) is 0. The van der Waals surface area contributed by atoms with E-state index < -0.39 is 0 Å². The Hall–Kier alpha value is -3.07. The monoisotopic (exact) mass is 332 g/mol. The molecule has 25 heavy (non-hydrogen) atoms. The largest absolute Gasteiger partial charge is 0.493 e. The van der Waals surface area contributed by atoms with Crippen LogP contribution in [0.15, 0.2) is 78.9 Å². The van der Waals surface area contributed by atoms with E-state index in [1.807, 2.05) is 78.9 Å². The lowest BCUT2D eigenvalue weighted by atomic mass is 9.92. The highest BCUT2D eigenvalue weighted by Gasteiger charge is 2.16. The number of carbonyl (C=O) groups excluding carboxylic acids is 1. The fraction of sp³-hybridized carbons (Fsp3) is 0.136. The maximum Gasteiger partial charge on any atom is 0.161 e. The van der Waals surface area contributed by atoms with Crippen molar-refractivity contribution >= 4 is 6.29 Å². The lowest BCUT2D eigenvalue weighted by Crippen LogP contribution is -2.04.